The maximum atomic E-state index is 9.30. The van der Waals surface area contributed by atoms with Crippen LogP contribution in [-0.4, -0.2) is 18.1 Å². The van der Waals surface area contributed by atoms with E-state index in [9.17, 15) is 5.26 Å². The molecule has 2 unspecified atom stereocenters. The Morgan fingerprint density at radius 1 is 1.40 bits per heavy atom. The Kier molecular flexibility index (Phi) is 3.49. The number of anilines is 1. The van der Waals surface area contributed by atoms with E-state index in [1.54, 1.807) is 11.3 Å². The topological polar surface area (TPSA) is 53.1 Å². The van der Waals surface area contributed by atoms with Gasteiger partial charge in [0.1, 0.15) is 6.07 Å². The molecule has 4 nitrogen and oxygen atoms in total. The third kappa shape index (κ3) is 2.44. The Hall–Kier alpha value is -1.80. The molecule has 0 saturated carbocycles. The number of rotatable bonds is 2. The standard InChI is InChI=1S/C15H17N3OS/c1-10-6-11(2)9-18(8-10)15-12(7-16)17-14(19-15)13-4-3-5-20-13/h3-5,10-11H,6,8-9H2,1-2H3. The van der Waals surface area contributed by atoms with Crippen molar-refractivity contribution in [1.82, 2.24) is 4.98 Å². The summed E-state index contributed by atoms with van der Waals surface area (Å²) in [6.07, 6.45) is 1.23. The van der Waals surface area contributed by atoms with E-state index in [2.05, 4.69) is 29.8 Å². The van der Waals surface area contributed by atoms with Crippen molar-refractivity contribution in [2.45, 2.75) is 20.3 Å². The normalized spacial score (nSPS) is 22.8. The predicted octanol–water partition coefficient (Wildman–Crippen LogP) is 3.76. The third-order valence-corrected chi connectivity index (χ3v) is 4.46. The van der Waals surface area contributed by atoms with E-state index in [1.165, 1.54) is 6.42 Å². The molecule has 3 heterocycles. The van der Waals surface area contributed by atoms with Gasteiger partial charge in [-0.3, -0.25) is 0 Å². The fraction of sp³-hybridized carbons (Fsp3) is 0.467. The Labute approximate surface area is 122 Å². The number of oxazole rings is 1. The van der Waals surface area contributed by atoms with Crippen LogP contribution in [0, 0.1) is 23.2 Å². The predicted molar refractivity (Wildman–Crippen MR) is 79.7 cm³/mol. The molecule has 1 aliphatic heterocycles. The Morgan fingerprint density at radius 2 is 2.15 bits per heavy atom. The highest BCUT2D eigenvalue weighted by atomic mass is 32.1. The summed E-state index contributed by atoms with van der Waals surface area (Å²) in [7, 11) is 0. The van der Waals surface area contributed by atoms with Gasteiger partial charge in [0.15, 0.2) is 0 Å². The minimum absolute atomic E-state index is 0.398. The molecule has 0 bridgehead atoms. The number of hydrogen-bond acceptors (Lipinski definition) is 5. The van der Waals surface area contributed by atoms with Crippen LogP contribution in [0.5, 0.6) is 0 Å². The van der Waals surface area contributed by atoms with Crippen molar-refractivity contribution in [2.75, 3.05) is 18.0 Å². The molecular weight excluding hydrogens is 270 g/mol. The van der Waals surface area contributed by atoms with Crippen molar-refractivity contribution in [2.24, 2.45) is 11.8 Å². The molecule has 1 aliphatic rings. The van der Waals surface area contributed by atoms with Crippen LogP contribution in [0.25, 0.3) is 10.8 Å². The molecule has 2 atom stereocenters. The molecule has 104 valence electrons. The van der Waals surface area contributed by atoms with Gasteiger partial charge in [0, 0.05) is 13.1 Å². The largest absolute Gasteiger partial charge is 0.418 e. The van der Waals surface area contributed by atoms with E-state index in [-0.39, 0.29) is 0 Å². The summed E-state index contributed by atoms with van der Waals surface area (Å²) in [6.45, 7) is 6.34. The van der Waals surface area contributed by atoms with Gasteiger partial charge in [0.25, 0.3) is 0 Å². The Bertz CT molecular complexity index is 616. The van der Waals surface area contributed by atoms with Crippen LogP contribution in [0.2, 0.25) is 0 Å². The van der Waals surface area contributed by atoms with Gasteiger partial charge in [0.2, 0.25) is 17.5 Å². The van der Waals surface area contributed by atoms with Crippen LogP contribution in [0.1, 0.15) is 26.0 Å². The zero-order chi connectivity index (χ0) is 14.1. The fourth-order valence-electron chi connectivity index (χ4n) is 2.93. The molecule has 0 radical (unpaired) electrons. The molecule has 3 rings (SSSR count). The van der Waals surface area contributed by atoms with Crippen LogP contribution < -0.4 is 4.90 Å². The number of nitriles is 1. The van der Waals surface area contributed by atoms with Gasteiger partial charge in [-0.2, -0.15) is 10.2 Å². The van der Waals surface area contributed by atoms with Crippen molar-refractivity contribution in [1.29, 1.82) is 5.26 Å². The second-order valence-electron chi connectivity index (χ2n) is 5.61. The molecular formula is C15H17N3OS. The van der Waals surface area contributed by atoms with Gasteiger partial charge < -0.3 is 9.32 Å². The van der Waals surface area contributed by atoms with E-state index < -0.39 is 0 Å². The summed E-state index contributed by atoms with van der Waals surface area (Å²) < 4.78 is 5.89. The van der Waals surface area contributed by atoms with Gasteiger partial charge in [-0.05, 0) is 29.7 Å². The monoisotopic (exact) mass is 287 g/mol. The van der Waals surface area contributed by atoms with E-state index in [0.717, 1.165) is 18.0 Å². The van der Waals surface area contributed by atoms with Crippen molar-refractivity contribution < 1.29 is 4.42 Å². The first kappa shape index (κ1) is 13.2. The average molecular weight is 287 g/mol. The summed E-state index contributed by atoms with van der Waals surface area (Å²) in [5.41, 5.74) is 0.398. The Balaban J connectivity index is 1.95. The van der Waals surface area contributed by atoms with Crippen molar-refractivity contribution in [3.05, 3.63) is 23.2 Å². The molecule has 0 amide bonds. The highest BCUT2D eigenvalue weighted by Gasteiger charge is 2.27. The molecule has 20 heavy (non-hydrogen) atoms. The number of hydrogen-bond donors (Lipinski definition) is 0. The smallest absolute Gasteiger partial charge is 0.240 e. The Morgan fingerprint density at radius 3 is 2.75 bits per heavy atom. The van der Waals surface area contributed by atoms with E-state index in [4.69, 9.17) is 4.42 Å². The molecule has 0 N–H and O–H groups in total. The summed E-state index contributed by atoms with van der Waals surface area (Å²) in [4.78, 5) is 7.47. The lowest BCUT2D eigenvalue weighted by Crippen LogP contribution is -2.38. The van der Waals surface area contributed by atoms with Crippen LogP contribution in [0.4, 0.5) is 5.88 Å². The third-order valence-electron chi connectivity index (χ3n) is 3.60. The molecule has 0 aliphatic carbocycles. The van der Waals surface area contributed by atoms with Gasteiger partial charge in [-0.25, -0.2) is 0 Å². The minimum Gasteiger partial charge on any atom is -0.418 e. The minimum atomic E-state index is 0.398. The zero-order valence-electron chi connectivity index (χ0n) is 11.7. The molecule has 1 fully saturated rings. The molecule has 0 spiro atoms. The summed E-state index contributed by atoms with van der Waals surface area (Å²) in [5.74, 6) is 2.41. The number of piperidine rings is 1. The quantitative estimate of drug-likeness (QED) is 0.844. The SMILES string of the molecule is CC1CC(C)CN(c2oc(-c3cccs3)nc2C#N)C1. The number of aromatic nitrogens is 1. The number of thiophene rings is 1. The molecule has 5 heteroatoms. The van der Waals surface area contributed by atoms with Gasteiger partial charge in [0.05, 0.1) is 4.88 Å². The second-order valence-corrected chi connectivity index (χ2v) is 6.56. The maximum absolute atomic E-state index is 9.30. The van der Waals surface area contributed by atoms with Crippen molar-refractivity contribution in [3.63, 3.8) is 0 Å². The lowest BCUT2D eigenvalue weighted by molar-refractivity contribution is 0.344. The first-order chi connectivity index (χ1) is 9.67. The first-order valence-corrected chi connectivity index (χ1v) is 7.75. The van der Waals surface area contributed by atoms with Crippen LogP contribution in [-0.2, 0) is 0 Å². The lowest BCUT2D eigenvalue weighted by atomic mass is 9.92. The van der Waals surface area contributed by atoms with Gasteiger partial charge >= 0.3 is 0 Å². The van der Waals surface area contributed by atoms with Crippen LogP contribution in [0.3, 0.4) is 0 Å². The molecule has 0 aromatic carbocycles. The summed E-state index contributed by atoms with van der Waals surface area (Å²) in [6, 6.07) is 6.08. The molecule has 1 saturated heterocycles. The maximum Gasteiger partial charge on any atom is 0.240 e. The summed E-state index contributed by atoms with van der Waals surface area (Å²) in [5, 5.41) is 11.3. The highest BCUT2D eigenvalue weighted by Crippen LogP contribution is 2.33. The lowest BCUT2D eigenvalue weighted by Gasteiger charge is -2.34. The van der Waals surface area contributed by atoms with E-state index in [1.807, 2.05) is 17.5 Å². The summed E-state index contributed by atoms with van der Waals surface area (Å²) >= 11 is 1.57. The van der Waals surface area contributed by atoms with Gasteiger partial charge in [-0.15, -0.1) is 11.3 Å². The van der Waals surface area contributed by atoms with Gasteiger partial charge in [-0.1, -0.05) is 19.9 Å². The van der Waals surface area contributed by atoms with Crippen molar-refractivity contribution in [3.8, 4) is 16.8 Å². The van der Waals surface area contributed by atoms with Crippen molar-refractivity contribution >= 4 is 17.2 Å². The highest BCUT2D eigenvalue weighted by molar-refractivity contribution is 7.13. The first-order valence-electron chi connectivity index (χ1n) is 6.87. The van der Waals surface area contributed by atoms with Crippen LogP contribution >= 0.6 is 11.3 Å². The second kappa shape index (κ2) is 5.29. The number of nitrogens with zero attached hydrogens (tertiary/aromatic N) is 3. The van der Waals surface area contributed by atoms with Crippen LogP contribution in [0.15, 0.2) is 21.9 Å². The van der Waals surface area contributed by atoms with E-state index in [0.29, 0.717) is 29.3 Å². The van der Waals surface area contributed by atoms with E-state index >= 15 is 0 Å². The molecule has 2 aromatic heterocycles. The molecule has 2 aromatic rings. The average Bonchev–Trinajstić information content (AvgIpc) is 3.06. The zero-order valence-corrected chi connectivity index (χ0v) is 12.5. The fourth-order valence-corrected chi connectivity index (χ4v) is 3.58.